The Labute approximate surface area is 144 Å². The molecule has 1 aromatic carbocycles. The number of fused-ring (bicyclic) bond motifs is 2. The number of nitrogens with zero attached hydrogens (tertiary/aromatic N) is 3. The summed E-state index contributed by atoms with van der Waals surface area (Å²) in [6.45, 7) is 0.278. The molecular formula is C17H14N4O3S. The van der Waals surface area contributed by atoms with Crippen molar-refractivity contribution in [2.24, 2.45) is 4.40 Å². The third-order valence-electron chi connectivity index (χ3n) is 3.93. The normalized spacial score (nSPS) is 18.3. The van der Waals surface area contributed by atoms with Gasteiger partial charge in [-0.2, -0.15) is 0 Å². The van der Waals surface area contributed by atoms with Crippen molar-refractivity contribution in [1.29, 1.82) is 0 Å². The number of carbonyl (C=O) groups excluding carboxylic acids is 1. The molecule has 3 heterocycles. The molecule has 4 rings (SSSR count). The van der Waals surface area contributed by atoms with E-state index in [1.54, 1.807) is 23.4 Å². The van der Waals surface area contributed by atoms with Gasteiger partial charge in [-0.25, -0.2) is 8.42 Å². The van der Waals surface area contributed by atoms with Crippen LogP contribution in [0.2, 0.25) is 0 Å². The molecule has 1 aromatic heterocycles. The van der Waals surface area contributed by atoms with Gasteiger partial charge in [0.15, 0.2) is 0 Å². The molecule has 7 nitrogen and oxygen atoms in total. The van der Waals surface area contributed by atoms with E-state index in [9.17, 15) is 13.2 Å². The molecule has 2 aliphatic heterocycles. The fraction of sp³-hybridized carbons (Fsp3) is 0.118. The van der Waals surface area contributed by atoms with Gasteiger partial charge in [0.05, 0.1) is 28.7 Å². The average molecular weight is 354 g/mol. The van der Waals surface area contributed by atoms with E-state index in [4.69, 9.17) is 0 Å². The number of nitrogens with one attached hydrogen (secondary N) is 1. The minimum absolute atomic E-state index is 0.0651. The van der Waals surface area contributed by atoms with Crippen molar-refractivity contribution in [3.05, 3.63) is 60.5 Å². The first-order chi connectivity index (χ1) is 12.0. The van der Waals surface area contributed by atoms with Crippen LogP contribution in [0.1, 0.15) is 0 Å². The Hall–Kier alpha value is -3.00. The summed E-state index contributed by atoms with van der Waals surface area (Å²) < 4.78 is 26.7. The van der Waals surface area contributed by atoms with Gasteiger partial charge in [0.25, 0.3) is 15.9 Å². The highest BCUT2D eigenvalue weighted by Crippen LogP contribution is 2.19. The van der Waals surface area contributed by atoms with Gasteiger partial charge in [0, 0.05) is 18.1 Å². The zero-order chi connectivity index (χ0) is 17.4. The van der Waals surface area contributed by atoms with Gasteiger partial charge in [-0.05, 0) is 24.3 Å². The van der Waals surface area contributed by atoms with Gasteiger partial charge in [0.1, 0.15) is 5.84 Å². The lowest BCUT2D eigenvalue weighted by molar-refractivity contribution is -0.112. The molecule has 1 N–H and O–H groups in total. The molecule has 2 aliphatic rings. The van der Waals surface area contributed by atoms with Gasteiger partial charge in [-0.15, -0.1) is 4.40 Å². The van der Waals surface area contributed by atoms with Crippen molar-refractivity contribution in [2.45, 2.75) is 0 Å². The van der Waals surface area contributed by atoms with Crippen molar-refractivity contribution in [2.75, 3.05) is 17.6 Å². The molecule has 25 heavy (non-hydrogen) atoms. The van der Waals surface area contributed by atoms with Crippen LogP contribution < -0.4 is 5.32 Å². The highest BCUT2D eigenvalue weighted by atomic mass is 32.2. The van der Waals surface area contributed by atoms with Gasteiger partial charge < -0.3 is 10.2 Å². The van der Waals surface area contributed by atoms with E-state index in [0.29, 0.717) is 17.1 Å². The van der Waals surface area contributed by atoms with Gasteiger partial charge >= 0.3 is 0 Å². The zero-order valence-corrected chi connectivity index (χ0v) is 13.9. The zero-order valence-electron chi connectivity index (χ0n) is 13.1. The monoisotopic (exact) mass is 354 g/mol. The number of sulfonamides is 1. The Bertz CT molecular complexity index is 1070. The van der Waals surface area contributed by atoms with Crippen LogP contribution in [-0.2, 0) is 14.8 Å². The summed E-state index contributed by atoms with van der Waals surface area (Å²) in [5.74, 6) is -0.0272. The molecule has 8 heteroatoms. The van der Waals surface area contributed by atoms with Gasteiger partial charge in [0.2, 0.25) is 0 Å². The van der Waals surface area contributed by atoms with Crippen LogP contribution in [0.3, 0.4) is 0 Å². The number of carbonyl (C=O) groups is 1. The Morgan fingerprint density at radius 2 is 2.04 bits per heavy atom. The average Bonchev–Trinajstić information content (AvgIpc) is 2.60. The van der Waals surface area contributed by atoms with Crippen LogP contribution in [0.25, 0.3) is 10.9 Å². The first kappa shape index (κ1) is 15.5. The van der Waals surface area contributed by atoms with E-state index < -0.39 is 10.0 Å². The van der Waals surface area contributed by atoms with Crippen LogP contribution in [0.15, 0.2) is 64.9 Å². The molecule has 0 spiro atoms. The maximum Gasteiger partial charge on any atom is 0.257 e. The number of aromatic nitrogens is 1. The maximum absolute atomic E-state index is 12.5. The lowest BCUT2D eigenvalue weighted by Gasteiger charge is -2.26. The predicted octanol–water partition coefficient (Wildman–Crippen LogP) is 1.67. The summed E-state index contributed by atoms with van der Waals surface area (Å²) in [5.41, 5.74) is 1.87. The summed E-state index contributed by atoms with van der Waals surface area (Å²) in [6, 6.07) is 9.50. The van der Waals surface area contributed by atoms with Crippen LogP contribution >= 0.6 is 0 Å². The van der Waals surface area contributed by atoms with Crippen LogP contribution in [-0.4, -0.2) is 42.3 Å². The van der Waals surface area contributed by atoms with Gasteiger partial charge in [-0.1, -0.05) is 18.2 Å². The fourth-order valence-electron chi connectivity index (χ4n) is 2.68. The van der Waals surface area contributed by atoms with Crippen molar-refractivity contribution in [1.82, 2.24) is 9.88 Å². The van der Waals surface area contributed by atoms with Crippen LogP contribution in [0.4, 0.5) is 5.69 Å². The Morgan fingerprint density at radius 1 is 1.20 bits per heavy atom. The Morgan fingerprint density at radius 3 is 2.92 bits per heavy atom. The van der Waals surface area contributed by atoms with Crippen molar-refractivity contribution < 1.29 is 13.2 Å². The quantitative estimate of drug-likeness (QED) is 0.886. The number of benzene rings is 1. The molecular weight excluding hydrogens is 340 g/mol. The summed E-state index contributed by atoms with van der Waals surface area (Å²) in [6.07, 6.45) is 6.30. The number of hydrogen-bond donors (Lipinski definition) is 1. The molecule has 0 atom stereocenters. The number of amidine groups is 1. The fourth-order valence-corrected chi connectivity index (χ4v) is 3.65. The van der Waals surface area contributed by atoms with Crippen LogP contribution in [0.5, 0.6) is 0 Å². The highest BCUT2D eigenvalue weighted by molar-refractivity contribution is 7.90. The Balaban J connectivity index is 1.55. The van der Waals surface area contributed by atoms with Gasteiger partial charge in [-0.3, -0.25) is 9.78 Å². The molecule has 126 valence electrons. The third-order valence-corrected chi connectivity index (χ3v) is 5.10. The van der Waals surface area contributed by atoms with E-state index in [0.717, 1.165) is 10.9 Å². The number of hydrogen-bond acceptors (Lipinski definition) is 5. The third kappa shape index (κ3) is 3.16. The van der Waals surface area contributed by atoms with Crippen molar-refractivity contribution >= 4 is 38.4 Å². The standard InChI is InChI=1S/C17H14N4O3S/c22-17(19-14-9-12-3-1-2-4-15(12)18-10-14)13-5-6-16-20-25(23,24)8-7-21(16)11-13/h1-6,9-11H,7-8H2,(H,19,22). The van der Waals surface area contributed by atoms with E-state index in [2.05, 4.69) is 14.7 Å². The van der Waals surface area contributed by atoms with E-state index in [-0.39, 0.29) is 18.2 Å². The van der Waals surface area contributed by atoms with Crippen LogP contribution in [0, 0.1) is 0 Å². The molecule has 0 bridgehead atoms. The number of rotatable bonds is 2. The molecule has 1 amide bonds. The molecule has 0 saturated carbocycles. The Kier molecular flexibility index (Phi) is 3.61. The minimum Gasteiger partial charge on any atom is -0.330 e. The SMILES string of the molecule is O=C(Nc1cnc2ccccc2c1)C1=CN2CCS(=O)(=O)N=C2C=C1. The van der Waals surface area contributed by atoms with Crippen molar-refractivity contribution in [3.8, 4) is 0 Å². The molecule has 0 unspecified atom stereocenters. The molecule has 0 saturated heterocycles. The maximum atomic E-state index is 12.5. The van der Waals surface area contributed by atoms with E-state index >= 15 is 0 Å². The van der Waals surface area contributed by atoms with Crippen molar-refractivity contribution in [3.63, 3.8) is 0 Å². The number of anilines is 1. The second kappa shape index (κ2) is 5.82. The molecule has 2 aromatic rings. The number of pyridine rings is 1. The smallest absolute Gasteiger partial charge is 0.257 e. The highest BCUT2D eigenvalue weighted by Gasteiger charge is 2.25. The second-order valence-corrected chi connectivity index (χ2v) is 7.47. The first-order valence-corrected chi connectivity index (χ1v) is 9.26. The summed E-state index contributed by atoms with van der Waals surface area (Å²) in [4.78, 5) is 18.4. The summed E-state index contributed by atoms with van der Waals surface area (Å²) in [5, 5.41) is 3.74. The second-order valence-electron chi connectivity index (χ2n) is 5.72. The molecule has 0 fully saturated rings. The number of amides is 1. The van der Waals surface area contributed by atoms with E-state index in [1.165, 1.54) is 6.08 Å². The summed E-state index contributed by atoms with van der Waals surface area (Å²) in [7, 11) is -3.40. The first-order valence-electron chi connectivity index (χ1n) is 7.65. The molecule has 0 aliphatic carbocycles. The predicted molar refractivity (Wildman–Crippen MR) is 95.5 cm³/mol. The topological polar surface area (TPSA) is 91.7 Å². The number of para-hydroxylation sites is 1. The van der Waals surface area contributed by atoms with E-state index in [1.807, 2.05) is 30.3 Å². The molecule has 0 radical (unpaired) electrons. The lowest BCUT2D eigenvalue weighted by Crippen LogP contribution is -2.37. The minimum atomic E-state index is -3.40. The lowest BCUT2D eigenvalue weighted by atomic mass is 10.1. The largest absolute Gasteiger partial charge is 0.330 e. The summed E-state index contributed by atoms with van der Waals surface area (Å²) >= 11 is 0.